The van der Waals surface area contributed by atoms with Gasteiger partial charge in [-0.15, -0.1) is 0 Å². The van der Waals surface area contributed by atoms with Gasteiger partial charge in [0.05, 0.1) is 32.1 Å². The number of nitrogens with zero attached hydrogens (tertiary/aromatic N) is 1. The number of hydrogen-bond donors (Lipinski definition) is 1. The van der Waals surface area contributed by atoms with E-state index in [1.165, 1.54) is 11.0 Å². The Balaban J connectivity index is 1.84. The van der Waals surface area contributed by atoms with Crippen LogP contribution in [0.25, 0.3) is 5.57 Å². The fourth-order valence-electron chi connectivity index (χ4n) is 2.53. The van der Waals surface area contributed by atoms with Crippen molar-refractivity contribution < 1.29 is 23.8 Å². The van der Waals surface area contributed by atoms with Gasteiger partial charge in [0, 0.05) is 5.56 Å². The molecule has 1 N–H and O–H groups in total. The zero-order valence-corrected chi connectivity index (χ0v) is 11.4. The number of carbonyl (C=O) groups is 1. The summed E-state index contributed by atoms with van der Waals surface area (Å²) in [6, 6.07) is 4.68. The summed E-state index contributed by atoms with van der Waals surface area (Å²) in [6.45, 7) is 1.07. The molecule has 5 nitrogen and oxygen atoms in total. The van der Waals surface area contributed by atoms with Gasteiger partial charge >= 0.3 is 6.09 Å². The van der Waals surface area contributed by atoms with Gasteiger partial charge in [0.25, 0.3) is 0 Å². The molecule has 112 valence electrons. The van der Waals surface area contributed by atoms with Gasteiger partial charge in [-0.2, -0.15) is 0 Å². The third-order valence-corrected chi connectivity index (χ3v) is 3.65. The standard InChI is InChI=1S/C15H16FNO4/c16-14-7-11(17-8-12(9-18)21-15(17)19)1-2-13(14)10-3-5-20-6-4-10/h1-3,7,12,18H,4-6,8-9H2. The van der Waals surface area contributed by atoms with E-state index in [0.29, 0.717) is 30.9 Å². The largest absolute Gasteiger partial charge is 0.441 e. The number of benzene rings is 1. The highest BCUT2D eigenvalue weighted by Crippen LogP contribution is 2.29. The molecule has 0 radical (unpaired) electrons. The van der Waals surface area contributed by atoms with Gasteiger partial charge in [0.2, 0.25) is 0 Å². The van der Waals surface area contributed by atoms with Crippen LogP contribution in [0, 0.1) is 5.82 Å². The summed E-state index contributed by atoms with van der Waals surface area (Å²) in [4.78, 5) is 13.0. The Morgan fingerprint density at radius 3 is 2.90 bits per heavy atom. The van der Waals surface area contributed by atoms with Crippen molar-refractivity contribution in [3.63, 3.8) is 0 Å². The summed E-state index contributed by atoms with van der Waals surface area (Å²) in [7, 11) is 0. The number of cyclic esters (lactones) is 1. The first-order chi connectivity index (χ1) is 10.2. The fourth-order valence-corrected chi connectivity index (χ4v) is 2.53. The molecule has 0 aliphatic carbocycles. The lowest BCUT2D eigenvalue weighted by Crippen LogP contribution is -2.25. The number of ether oxygens (including phenoxy) is 2. The molecule has 0 aromatic heterocycles. The number of carbonyl (C=O) groups excluding carboxylic acids is 1. The smallest absolute Gasteiger partial charge is 0.414 e. The Morgan fingerprint density at radius 1 is 1.43 bits per heavy atom. The van der Waals surface area contributed by atoms with Crippen molar-refractivity contribution in [2.24, 2.45) is 0 Å². The number of aliphatic hydroxyl groups is 1. The third-order valence-electron chi connectivity index (χ3n) is 3.65. The van der Waals surface area contributed by atoms with E-state index >= 15 is 0 Å². The molecule has 0 bridgehead atoms. The highest BCUT2D eigenvalue weighted by Gasteiger charge is 2.32. The van der Waals surface area contributed by atoms with Crippen LogP contribution < -0.4 is 4.90 Å². The normalized spacial score (nSPS) is 22.2. The minimum Gasteiger partial charge on any atom is -0.441 e. The molecule has 2 aliphatic rings. The molecule has 2 aliphatic heterocycles. The Bertz CT molecular complexity index is 587. The Kier molecular flexibility index (Phi) is 3.90. The van der Waals surface area contributed by atoms with E-state index in [0.717, 1.165) is 5.57 Å². The molecule has 1 unspecified atom stereocenters. The zero-order valence-electron chi connectivity index (χ0n) is 11.4. The first kappa shape index (κ1) is 14.0. The lowest BCUT2D eigenvalue weighted by atomic mass is 10.0. The van der Waals surface area contributed by atoms with E-state index < -0.39 is 12.2 Å². The van der Waals surface area contributed by atoms with E-state index in [9.17, 15) is 9.18 Å². The number of hydrogen-bond acceptors (Lipinski definition) is 4. The summed E-state index contributed by atoms with van der Waals surface area (Å²) >= 11 is 0. The fraction of sp³-hybridized carbons (Fsp3) is 0.400. The second-order valence-electron chi connectivity index (χ2n) is 5.02. The van der Waals surface area contributed by atoms with Gasteiger partial charge in [-0.25, -0.2) is 9.18 Å². The number of rotatable bonds is 3. The van der Waals surface area contributed by atoms with Crippen molar-refractivity contribution in [2.75, 3.05) is 31.3 Å². The highest BCUT2D eigenvalue weighted by atomic mass is 19.1. The zero-order chi connectivity index (χ0) is 14.8. The van der Waals surface area contributed by atoms with E-state index in [-0.39, 0.29) is 19.0 Å². The minimum absolute atomic E-state index is 0.227. The van der Waals surface area contributed by atoms with Crippen LogP contribution in [-0.2, 0) is 9.47 Å². The molecule has 3 rings (SSSR count). The van der Waals surface area contributed by atoms with Crippen LogP contribution in [0.3, 0.4) is 0 Å². The van der Waals surface area contributed by atoms with Crippen LogP contribution in [0.1, 0.15) is 12.0 Å². The summed E-state index contributed by atoms with van der Waals surface area (Å²) in [5.41, 5.74) is 1.89. The molecule has 1 aromatic carbocycles. The summed E-state index contributed by atoms with van der Waals surface area (Å²) in [6.07, 6.45) is 1.42. The Labute approximate surface area is 121 Å². The lowest BCUT2D eigenvalue weighted by Gasteiger charge is -2.17. The summed E-state index contributed by atoms with van der Waals surface area (Å²) in [5.74, 6) is -0.374. The Morgan fingerprint density at radius 2 is 2.29 bits per heavy atom. The summed E-state index contributed by atoms with van der Waals surface area (Å²) < 4.78 is 24.4. The van der Waals surface area contributed by atoms with Crippen LogP contribution in [0.15, 0.2) is 24.3 Å². The van der Waals surface area contributed by atoms with Gasteiger partial charge in [0.1, 0.15) is 11.9 Å². The van der Waals surface area contributed by atoms with Gasteiger partial charge in [-0.3, -0.25) is 4.90 Å². The molecule has 1 aromatic rings. The van der Waals surface area contributed by atoms with Crippen LogP contribution in [0.2, 0.25) is 0 Å². The van der Waals surface area contributed by atoms with Gasteiger partial charge in [0.15, 0.2) is 0 Å². The molecule has 1 atom stereocenters. The molecule has 6 heteroatoms. The maximum atomic E-state index is 14.3. The van der Waals surface area contributed by atoms with Crippen LogP contribution >= 0.6 is 0 Å². The number of amides is 1. The number of anilines is 1. The van der Waals surface area contributed by atoms with Crippen LogP contribution in [0.5, 0.6) is 0 Å². The lowest BCUT2D eigenvalue weighted by molar-refractivity contribution is 0.0963. The molecule has 1 saturated heterocycles. The SMILES string of the molecule is O=C1OC(CO)CN1c1ccc(C2=CCOCC2)c(F)c1. The van der Waals surface area contributed by atoms with Crippen molar-refractivity contribution in [2.45, 2.75) is 12.5 Å². The molecule has 21 heavy (non-hydrogen) atoms. The first-order valence-electron chi connectivity index (χ1n) is 6.84. The third kappa shape index (κ3) is 2.77. The quantitative estimate of drug-likeness (QED) is 0.925. The van der Waals surface area contributed by atoms with Gasteiger partial charge < -0.3 is 14.6 Å². The predicted molar refractivity (Wildman–Crippen MR) is 74.5 cm³/mol. The van der Waals surface area contributed by atoms with Gasteiger partial charge in [-0.05, 0) is 30.2 Å². The topological polar surface area (TPSA) is 59.0 Å². The van der Waals surface area contributed by atoms with Crippen molar-refractivity contribution in [1.82, 2.24) is 0 Å². The average molecular weight is 293 g/mol. The Hall–Kier alpha value is -1.92. The van der Waals surface area contributed by atoms with Crippen molar-refractivity contribution in [3.05, 3.63) is 35.7 Å². The van der Waals surface area contributed by atoms with Crippen molar-refractivity contribution in [1.29, 1.82) is 0 Å². The molecule has 1 fully saturated rings. The minimum atomic E-state index is -0.563. The van der Waals surface area contributed by atoms with E-state index in [1.54, 1.807) is 12.1 Å². The second-order valence-corrected chi connectivity index (χ2v) is 5.02. The van der Waals surface area contributed by atoms with E-state index in [1.807, 2.05) is 6.08 Å². The number of halogens is 1. The maximum absolute atomic E-state index is 14.3. The van der Waals surface area contributed by atoms with E-state index in [2.05, 4.69) is 0 Å². The maximum Gasteiger partial charge on any atom is 0.414 e. The molecular formula is C15H16FNO4. The number of aliphatic hydroxyl groups excluding tert-OH is 1. The predicted octanol–water partition coefficient (Wildman–Crippen LogP) is 1.95. The van der Waals surface area contributed by atoms with Crippen LogP contribution in [-0.4, -0.2) is 43.7 Å². The summed E-state index contributed by atoms with van der Waals surface area (Å²) in [5, 5.41) is 9.02. The average Bonchev–Trinajstić information content (AvgIpc) is 2.89. The molecular weight excluding hydrogens is 277 g/mol. The molecule has 0 spiro atoms. The molecule has 0 saturated carbocycles. The van der Waals surface area contributed by atoms with Crippen LogP contribution in [0.4, 0.5) is 14.9 Å². The van der Waals surface area contributed by atoms with Crippen molar-refractivity contribution in [3.8, 4) is 0 Å². The molecule has 2 heterocycles. The second kappa shape index (κ2) is 5.83. The molecule has 1 amide bonds. The monoisotopic (exact) mass is 293 g/mol. The van der Waals surface area contributed by atoms with Gasteiger partial charge in [-0.1, -0.05) is 6.08 Å². The first-order valence-corrected chi connectivity index (χ1v) is 6.84. The highest BCUT2D eigenvalue weighted by molar-refractivity contribution is 5.90. The van der Waals surface area contributed by atoms with E-state index in [4.69, 9.17) is 14.6 Å². The van der Waals surface area contributed by atoms with Crippen molar-refractivity contribution >= 4 is 17.4 Å².